The molecule has 3 amide bonds. The minimum absolute atomic E-state index is 0.0636. The van der Waals surface area contributed by atoms with Crippen molar-refractivity contribution in [2.45, 2.75) is 18.6 Å². The summed E-state index contributed by atoms with van der Waals surface area (Å²) in [5, 5.41) is 0.397. The fourth-order valence-corrected chi connectivity index (χ4v) is 2.86. The highest BCUT2D eigenvalue weighted by Gasteiger charge is 2.51. The summed E-state index contributed by atoms with van der Waals surface area (Å²) in [5.74, 6) is -0.224. The number of urea groups is 1. The Morgan fingerprint density at radius 1 is 1.32 bits per heavy atom. The van der Waals surface area contributed by atoms with Gasteiger partial charge in [0.2, 0.25) is 0 Å². The van der Waals surface area contributed by atoms with Gasteiger partial charge in [0, 0.05) is 20.1 Å². The van der Waals surface area contributed by atoms with Crippen LogP contribution in [0, 0.1) is 0 Å². The molecule has 5 nitrogen and oxygen atoms in total. The number of amides is 3. The van der Waals surface area contributed by atoms with E-state index >= 15 is 0 Å². The second-order valence-corrected chi connectivity index (χ2v) is 5.08. The number of nitrogens with zero attached hydrogens (tertiary/aromatic N) is 2. The number of anilines is 1. The summed E-state index contributed by atoms with van der Waals surface area (Å²) >= 11 is 6.06. The van der Waals surface area contributed by atoms with Crippen molar-refractivity contribution >= 4 is 29.2 Å². The molecule has 1 aromatic carbocycles. The van der Waals surface area contributed by atoms with Crippen LogP contribution in [0.1, 0.15) is 6.42 Å². The van der Waals surface area contributed by atoms with Crippen LogP contribution in [-0.4, -0.2) is 42.6 Å². The van der Waals surface area contributed by atoms with Crippen LogP contribution in [0.4, 0.5) is 10.5 Å². The molecular formula is C13H13ClN2O3. The first-order valence-corrected chi connectivity index (χ1v) is 6.43. The summed E-state index contributed by atoms with van der Waals surface area (Å²) in [6.45, 7) is 0.451. The zero-order valence-corrected chi connectivity index (χ0v) is 11.1. The highest BCUT2D eigenvalue weighted by Crippen LogP contribution is 2.35. The number of imide groups is 1. The smallest absolute Gasteiger partial charge is 0.332 e. The normalized spacial score (nSPS) is 26.2. The fraction of sp³-hybridized carbons (Fsp3) is 0.385. The number of para-hydroxylation sites is 1. The van der Waals surface area contributed by atoms with Crippen LogP contribution in [0.15, 0.2) is 24.3 Å². The van der Waals surface area contributed by atoms with Gasteiger partial charge in [0.15, 0.2) is 0 Å². The van der Waals surface area contributed by atoms with Crippen LogP contribution in [0.3, 0.4) is 0 Å². The molecule has 2 aliphatic rings. The molecule has 100 valence electrons. The lowest BCUT2D eigenvalue weighted by atomic mass is 10.2. The van der Waals surface area contributed by atoms with Crippen molar-refractivity contribution in [2.24, 2.45) is 0 Å². The Morgan fingerprint density at radius 2 is 2.05 bits per heavy atom. The van der Waals surface area contributed by atoms with E-state index in [9.17, 15) is 9.59 Å². The molecule has 0 aliphatic carbocycles. The van der Waals surface area contributed by atoms with Gasteiger partial charge in [-0.25, -0.2) is 9.69 Å². The van der Waals surface area contributed by atoms with Gasteiger partial charge in [0.1, 0.15) is 6.04 Å². The van der Waals surface area contributed by atoms with E-state index in [1.165, 1.54) is 4.90 Å². The van der Waals surface area contributed by atoms with Gasteiger partial charge in [-0.15, -0.1) is 0 Å². The van der Waals surface area contributed by atoms with Crippen molar-refractivity contribution in [1.29, 1.82) is 0 Å². The number of halogens is 1. The molecule has 0 radical (unpaired) electrons. The fourth-order valence-electron chi connectivity index (χ4n) is 2.64. The Kier molecular flexibility index (Phi) is 2.95. The third-order valence-electron chi connectivity index (χ3n) is 3.63. The lowest BCUT2D eigenvalue weighted by Crippen LogP contribution is -2.35. The van der Waals surface area contributed by atoms with E-state index < -0.39 is 6.04 Å². The average Bonchev–Trinajstić information content (AvgIpc) is 2.92. The molecule has 19 heavy (non-hydrogen) atoms. The third kappa shape index (κ3) is 1.81. The van der Waals surface area contributed by atoms with Crippen LogP contribution in [0.5, 0.6) is 0 Å². The van der Waals surface area contributed by atoms with Crippen molar-refractivity contribution in [1.82, 2.24) is 4.90 Å². The largest absolute Gasteiger partial charge is 0.380 e. The Bertz CT molecular complexity index is 524. The quantitative estimate of drug-likeness (QED) is 0.778. The van der Waals surface area contributed by atoms with Crippen molar-refractivity contribution < 1.29 is 14.3 Å². The summed E-state index contributed by atoms with van der Waals surface area (Å²) < 4.78 is 5.22. The SMILES string of the molecule is COC1CC2C(=O)N(c3ccccc3Cl)C(=O)N2C1. The van der Waals surface area contributed by atoms with E-state index in [-0.39, 0.29) is 18.0 Å². The van der Waals surface area contributed by atoms with E-state index in [0.29, 0.717) is 23.7 Å². The molecule has 6 heteroatoms. The number of carbonyl (C=O) groups is 2. The van der Waals surface area contributed by atoms with Crippen LogP contribution < -0.4 is 4.90 Å². The summed E-state index contributed by atoms with van der Waals surface area (Å²) in [7, 11) is 1.59. The summed E-state index contributed by atoms with van der Waals surface area (Å²) in [5.41, 5.74) is 0.447. The highest BCUT2D eigenvalue weighted by atomic mass is 35.5. The average molecular weight is 281 g/mol. The van der Waals surface area contributed by atoms with Gasteiger partial charge < -0.3 is 9.64 Å². The number of hydrogen-bond acceptors (Lipinski definition) is 3. The molecule has 2 fully saturated rings. The molecule has 2 saturated heterocycles. The van der Waals surface area contributed by atoms with Crippen molar-refractivity contribution in [2.75, 3.05) is 18.6 Å². The van der Waals surface area contributed by atoms with Crippen LogP contribution in [0.25, 0.3) is 0 Å². The Morgan fingerprint density at radius 3 is 2.68 bits per heavy atom. The molecule has 2 unspecified atom stereocenters. The molecule has 3 rings (SSSR count). The standard InChI is InChI=1S/C13H13ClN2O3/c1-19-8-6-11-12(17)16(13(18)15(11)7-8)10-5-3-2-4-9(10)14/h2-5,8,11H,6-7H2,1H3. The lowest BCUT2D eigenvalue weighted by Gasteiger charge is -2.18. The summed E-state index contributed by atoms with van der Waals surface area (Å²) in [6.07, 6.45) is 0.480. The van der Waals surface area contributed by atoms with Crippen LogP contribution >= 0.6 is 11.6 Å². The van der Waals surface area contributed by atoms with Gasteiger partial charge >= 0.3 is 6.03 Å². The second kappa shape index (κ2) is 4.51. The van der Waals surface area contributed by atoms with Gasteiger partial charge in [-0.1, -0.05) is 23.7 Å². The van der Waals surface area contributed by atoms with Gasteiger partial charge in [-0.2, -0.15) is 0 Å². The van der Waals surface area contributed by atoms with E-state index in [4.69, 9.17) is 16.3 Å². The molecule has 0 bridgehead atoms. The Balaban J connectivity index is 1.93. The number of fused-ring (bicyclic) bond motifs is 1. The van der Waals surface area contributed by atoms with E-state index in [2.05, 4.69) is 0 Å². The molecule has 0 aromatic heterocycles. The van der Waals surface area contributed by atoms with Crippen LogP contribution in [-0.2, 0) is 9.53 Å². The number of benzene rings is 1. The molecule has 0 saturated carbocycles. The van der Waals surface area contributed by atoms with Crippen molar-refractivity contribution in [3.8, 4) is 0 Å². The Hall–Kier alpha value is -1.59. The summed E-state index contributed by atoms with van der Waals surface area (Å²) in [4.78, 5) is 27.4. The van der Waals surface area contributed by atoms with E-state index in [0.717, 1.165) is 0 Å². The Labute approximate surface area is 115 Å². The van der Waals surface area contributed by atoms with E-state index in [1.54, 1.807) is 36.3 Å². The monoisotopic (exact) mass is 280 g/mol. The number of carbonyl (C=O) groups excluding carboxylic acids is 2. The molecular weight excluding hydrogens is 268 g/mol. The maximum absolute atomic E-state index is 12.4. The zero-order chi connectivity index (χ0) is 13.6. The third-order valence-corrected chi connectivity index (χ3v) is 3.95. The first-order valence-electron chi connectivity index (χ1n) is 6.05. The van der Waals surface area contributed by atoms with Crippen molar-refractivity contribution in [3.05, 3.63) is 29.3 Å². The molecule has 1 aromatic rings. The molecule has 2 atom stereocenters. The number of rotatable bonds is 2. The van der Waals surface area contributed by atoms with Gasteiger partial charge in [0.05, 0.1) is 16.8 Å². The predicted octanol–water partition coefficient (Wildman–Crippen LogP) is 1.90. The molecule has 0 N–H and O–H groups in total. The maximum atomic E-state index is 12.4. The molecule has 2 heterocycles. The first kappa shape index (κ1) is 12.4. The highest BCUT2D eigenvalue weighted by molar-refractivity contribution is 6.35. The van der Waals surface area contributed by atoms with Crippen LogP contribution in [0.2, 0.25) is 5.02 Å². The van der Waals surface area contributed by atoms with Gasteiger partial charge in [-0.3, -0.25) is 4.79 Å². The minimum atomic E-state index is -0.422. The van der Waals surface area contributed by atoms with Gasteiger partial charge in [0.25, 0.3) is 5.91 Å². The molecule has 2 aliphatic heterocycles. The summed E-state index contributed by atoms with van der Waals surface area (Å²) in [6, 6.07) is 6.12. The lowest BCUT2D eigenvalue weighted by molar-refractivity contribution is -0.119. The van der Waals surface area contributed by atoms with Crippen molar-refractivity contribution in [3.63, 3.8) is 0 Å². The van der Waals surface area contributed by atoms with E-state index in [1.807, 2.05) is 0 Å². The zero-order valence-electron chi connectivity index (χ0n) is 10.4. The number of hydrogen-bond donors (Lipinski definition) is 0. The molecule has 0 spiro atoms. The number of methoxy groups -OCH3 is 1. The minimum Gasteiger partial charge on any atom is -0.380 e. The predicted molar refractivity (Wildman–Crippen MR) is 70.2 cm³/mol. The first-order chi connectivity index (χ1) is 9.13. The van der Waals surface area contributed by atoms with Gasteiger partial charge in [-0.05, 0) is 12.1 Å². The maximum Gasteiger partial charge on any atom is 0.332 e. The topological polar surface area (TPSA) is 49.9 Å². The second-order valence-electron chi connectivity index (χ2n) is 4.67. The number of ether oxygens (including phenoxy) is 1.